The lowest BCUT2D eigenvalue weighted by Crippen LogP contribution is -2.36. The Morgan fingerprint density at radius 3 is 2.58 bits per heavy atom. The van der Waals surface area contributed by atoms with Crippen LogP contribution < -0.4 is 0 Å². The van der Waals surface area contributed by atoms with Crippen LogP contribution >= 0.6 is 0 Å². The maximum Gasteiger partial charge on any atom is 0.102 e. The summed E-state index contributed by atoms with van der Waals surface area (Å²) in [5.74, 6) is 2.05. The normalized spacial score (nSPS) is 38.0. The first-order chi connectivity index (χ1) is 14.4. The summed E-state index contributed by atoms with van der Waals surface area (Å²) < 4.78 is 0. The zero-order valence-corrected chi connectivity index (χ0v) is 20.2. The third-order valence-corrected chi connectivity index (χ3v) is 8.61. The van der Waals surface area contributed by atoms with Crippen LogP contribution in [-0.2, 0) is 0 Å². The highest BCUT2D eigenvalue weighted by atomic mass is 16.3. The Morgan fingerprint density at radius 2 is 1.90 bits per heavy atom. The Morgan fingerprint density at radius 1 is 1.19 bits per heavy atom. The second kappa shape index (κ2) is 9.37. The highest BCUT2D eigenvalue weighted by Gasteiger charge is 2.50. The van der Waals surface area contributed by atoms with E-state index in [2.05, 4.69) is 39.2 Å². The summed E-state index contributed by atoms with van der Waals surface area (Å²) in [5, 5.41) is 30.5. The van der Waals surface area contributed by atoms with Crippen molar-refractivity contribution in [1.82, 2.24) is 0 Å². The summed E-state index contributed by atoms with van der Waals surface area (Å²) in [6.07, 6.45) is 12.7. The van der Waals surface area contributed by atoms with Crippen LogP contribution in [0.3, 0.4) is 0 Å². The number of aliphatic hydroxyl groups excluding tert-OH is 2. The lowest BCUT2D eigenvalue weighted by atomic mass is 9.60. The number of rotatable bonds is 6. The fraction of sp³-hybridized carbons (Fsp3) is 0.714. The summed E-state index contributed by atoms with van der Waals surface area (Å²) >= 11 is 0. The first-order valence-corrected chi connectivity index (χ1v) is 12.3. The van der Waals surface area contributed by atoms with Gasteiger partial charge in [0.15, 0.2) is 0 Å². The van der Waals surface area contributed by atoms with Crippen LogP contribution in [0, 0.1) is 23.2 Å². The van der Waals surface area contributed by atoms with Gasteiger partial charge in [-0.25, -0.2) is 0 Å². The average Bonchev–Trinajstić information content (AvgIpc) is 3.04. The Hall–Kier alpha value is -1.16. The fourth-order valence-electron chi connectivity index (χ4n) is 6.71. The SMILES string of the molecule is C=C1C(=CC=C2CCC[C@@]3(C)C2CCC3[C@@H](C)CCCC(C)(C)O)C[C@@H](O)C(=C)[C@@H]1O. The third-order valence-electron chi connectivity index (χ3n) is 8.61. The van der Waals surface area contributed by atoms with E-state index in [1.165, 1.54) is 37.7 Å². The molecule has 0 aromatic carbocycles. The first-order valence-electron chi connectivity index (χ1n) is 12.3. The van der Waals surface area contributed by atoms with Crippen molar-refractivity contribution in [3.05, 3.63) is 47.6 Å². The van der Waals surface area contributed by atoms with E-state index >= 15 is 0 Å². The van der Waals surface area contributed by atoms with Crippen molar-refractivity contribution in [3.63, 3.8) is 0 Å². The molecule has 3 N–H and O–H groups in total. The summed E-state index contributed by atoms with van der Waals surface area (Å²) in [5.41, 5.74) is 3.41. The van der Waals surface area contributed by atoms with Gasteiger partial charge in [0, 0.05) is 6.42 Å². The van der Waals surface area contributed by atoms with Crippen molar-refractivity contribution in [2.24, 2.45) is 23.2 Å². The van der Waals surface area contributed by atoms with Crippen molar-refractivity contribution in [2.75, 3.05) is 0 Å². The van der Waals surface area contributed by atoms with Crippen LogP contribution in [0.25, 0.3) is 0 Å². The molecular weight excluding hydrogens is 384 g/mol. The standard InChI is InChI=1S/C28H44O3/c1-18(9-7-15-27(4,5)31)23-13-14-24-21(10-8-16-28(23,24)6)11-12-22-17-25(29)20(3)26(30)19(22)2/h11-12,18,23-26,29-31H,2-3,7-10,13-17H2,1,4-6H3/t18-,23?,24?,25+,26+,28+/m0/s1. The minimum absolute atomic E-state index is 0.355. The van der Waals surface area contributed by atoms with E-state index in [0.29, 0.717) is 34.8 Å². The van der Waals surface area contributed by atoms with Gasteiger partial charge in [0.2, 0.25) is 0 Å². The maximum atomic E-state index is 10.3. The molecule has 0 heterocycles. The minimum Gasteiger partial charge on any atom is -0.390 e. The largest absolute Gasteiger partial charge is 0.390 e. The monoisotopic (exact) mass is 428 g/mol. The molecule has 0 spiro atoms. The number of hydrogen-bond donors (Lipinski definition) is 3. The molecule has 0 aliphatic heterocycles. The van der Waals surface area contributed by atoms with Crippen molar-refractivity contribution in [1.29, 1.82) is 0 Å². The van der Waals surface area contributed by atoms with E-state index in [0.717, 1.165) is 30.8 Å². The van der Waals surface area contributed by atoms with Crippen LogP contribution in [0.15, 0.2) is 47.6 Å². The topological polar surface area (TPSA) is 60.7 Å². The van der Waals surface area contributed by atoms with Gasteiger partial charge in [-0.05, 0) is 92.3 Å². The molecule has 3 nitrogen and oxygen atoms in total. The fourth-order valence-corrected chi connectivity index (χ4v) is 6.71. The zero-order valence-electron chi connectivity index (χ0n) is 20.2. The highest BCUT2D eigenvalue weighted by Crippen LogP contribution is 2.60. The molecule has 3 heteroatoms. The van der Waals surface area contributed by atoms with Crippen LogP contribution in [0.4, 0.5) is 0 Å². The molecule has 174 valence electrons. The number of allylic oxidation sites excluding steroid dienone is 3. The van der Waals surface area contributed by atoms with E-state index in [-0.39, 0.29) is 0 Å². The molecule has 0 saturated heterocycles. The predicted octanol–water partition coefficient (Wildman–Crippen LogP) is 5.87. The molecule has 0 amide bonds. The van der Waals surface area contributed by atoms with Gasteiger partial charge in [-0.2, -0.15) is 0 Å². The summed E-state index contributed by atoms with van der Waals surface area (Å²) in [6.45, 7) is 16.6. The van der Waals surface area contributed by atoms with Crippen molar-refractivity contribution in [2.45, 2.75) is 103 Å². The Bertz CT molecular complexity index is 753. The molecule has 3 aliphatic carbocycles. The van der Waals surface area contributed by atoms with Gasteiger partial charge in [0.25, 0.3) is 0 Å². The van der Waals surface area contributed by atoms with Gasteiger partial charge >= 0.3 is 0 Å². The number of fused-ring (bicyclic) bond motifs is 1. The van der Waals surface area contributed by atoms with Crippen LogP contribution in [-0.4, -0.2) is 33.1 Å². The Labute approximate surface area is 189 Å². The Balaban J connectivity index is 1.72. The second-order valence-electron chi connectivity index (χ2n) is 11.4. The van der Waals surface area contributed by atoms with Gasteiger partial charge in [-0.15, -0.1) is 0 Å². The van der Waals surface area contributed by atoms with Gasteiger partial charge in [0.1, 0.15) is 6.10 Å². The van der Waals surface area contributed by atoms with E-state index in [1.54, 1.807) is 0 Å². The van der Waals surface area contributed by atoms with Gasteiger partial charge < -0.3 is 15.3 Å². The van der Waals surface area contributed by atoms with Crippen molar-refractivity contribution in [3.8, 4) is 0 Å². The van der Waals surface area contributed by atoms with Crippen LogP contribution in [0.1, 0.15) is 85.5 Å². The summed E-state index contributed by atoms with van der Waals surface area (Å²) in [7, 11) is 0. The zero-order chi connectivity index (χ0) is 23.0. The maximum absolute atomic E-state index is 10.3. The molecular formula is C28H44O3. The molecule has 31 heavy (non-hydrogen) atoms. The van der Waals surface area contributed by atoms with Crippen molar-refractivity contribution >= 4 is 0 Å². The van der Waals surface area contributed by atoms with Crippen molar-refractivity contribution < 1.29 is 15.3 Å². The van der Waals surface area contributed by atoms with E-state index in [9.17, 15) is 15.3 Å². The second-order valence-corrected chi connectivity index (χ2v) is 11.4. The van der Waals surface area contributed by atoms with E-state index in [1.807, 2.05) is 13.8 Å². The summed E-state index contributed by atoms with van der Waals surface area (Å²) in [4.78, 5) is 0. The number of aliphatic hydroxyl groups is 3. The van der Waals surface area contributed by atoms with E-state index in [4.69, 9.17) is 0 Å². The third kappa shape index (κ3) is 5.26. The van der Waals surface area contributed by atoms with Crippen LogP contribution in [0.5, 0.6) is 0 Å². The molecule has 3 fully saturated rings. The lowest BCUT2D eigenvalue weighted by molar-refractivity contribution is 0.0596. The lowest BCUT2D eigenvalue weighted by Gasteiger charge is -2.44. The van der Waals surface area contributed by atoms with Crippen LogP contribution in [0.2, 0.25) is 0 Å². The highest BCUT2D eigenvalue weighted by molar-refractivity contribution is 5.45. The smallest absolute Gasteiger partial charge is 0.102 e. The molecule has 0 aromatic heterocycles. The molecule has 0 aromatic rings. The summed E-state index contributed by atoms with van der Waals surface area (Å²) in [6, 6.07) is 0. The van der Waals surface area contributed by atoms with E-state index < -0.39 is 17.8 Å². The molecule has 0 radical (unpaired) electrons. The van der Waals surface area contributed by atoms with Gasteiger partial charge in [-0.1, -0.05) is 57.6 Å². The molecule has 2 unspecified atom stereocenters. The van der Waals surface area contributed by atoms with Gasteiger partial charge in [0.05, 0.1) is 11.7 Å². The quantitative estimate of drug-likeness (QED) is 0.464. The van der Waals surface area contributed by atoms with Gasteiger partial charge in [-0.3, -0.25) is 0 Å². The predicted molar refractivity (Wildman–Crippen MR) is 129 cm³/mol. The minimum atomic E-state index is -0.842. The Kier molecular flexibility index (Phi) is 7.40. The average molecular weight is 429 g/mol. The number of hydrogen-bond acceptors (Lipinski definition) is 3. The molecule has 3 saturated carbocycles. The molecule has 0 bridgehead atoms. The first kappa shape index (κ1) is 24.5. The molecule has 3 aliphatic rings. The molecule has 6 atom stereocenters. The molecule has 3 rings (SSSR count).